The van der Waals surface area contributed by atoms with Crippen LogP contribution >= 0.6 is 0 Å². The minimum absolute atomic E-state index is 0.259. The van der Waals surface area contributed by atoms with Crippen molar-refractivity contribution >= 4 is 9.04 Å². The molecule has 0 saturated carbocycles. The molecule has 0 saturated heterocycles. The van der Waals surface area contributed by atoms with Crippen LogP contribution in [0.2, 0.25) is 0 Å². The number of hydrogen-bond donors (Lipinski definition) is 0. The van der Waals surface area contributed by atoms with Crippen LogP contribution in [0.1, 0.15) is 10.4 Å². The summed E-state index contributed by atoms with van der Waals surface area (Å²) < 4.78 is 1.24. The monoisotopic (exact) mass is 322 g/mol. The number of carbonyl (C=O) groups excluding carboxylic acids is 1. The summed E-state index contributed by atoms with van der Waals surface area (Å²) in [4.78, 5) is 10.2. The minimum atomic E-state index is -1.10. The van der Waals surface area contributed by atoms with Gasteiger partial charge < -0.3 is 0 Å². The fourth-order valence-corrected chi connectivity index (χ4v) is 1.56. The molecule has 0 aliphatic carbocycles. The van der Waals surface area contributed by atoms with Gasteiger partial charge in [0.25, 0.3) is 0 Å². The van der Waals surface area contributed by atoms with Crippen molar-refractivity contribution in [3.05, 3.63) is 29.8 Å². The van der Waals surface area contributed by atoms with Crippen molar-refractivity contribution in [2.24, 2.45) is 0 Å². The molecule has 0 atom stereocenters. The molecule has 0 aliphatic rings. The summed E-state index contributed by atoms with van der Waals surface area (Å²) in [5.41, 5.74) is 0.259. The third kappa shape index (κ3) is 1.80. The van der Waals surface area contributed by atoms with Crippen LogP contribution in [-0.4, -0.2) is 5.97 Å². The van der Waals surface area contributed by atoms with E-state index in [9.17, 15) is 9.90 Å². The van der Waals surface area contributed by atoms with Gasteiger partial charge in [0.2, 0.25) is 0 Å². The maximum atomic E-state index is 10.2. The Morgan fingerprint density at radius 3 is 2.10 bits per heavy atom. The Morgan fingerprint density at radius 1 is 1.20 bits per heavy atom. The van der Waals surface area contributed by atoms with Crippen LogP contribution in [-0.2, 0) is 31.2 Å². The zero-order valence-corrected chi connectivity index (χ0v) is 10.8. The summed E-state index contributed by atoms with van der Waals surface area (Å²) in [6, 6.07) is 6.82. The third-order valence-electron chi connectivity index (χ3n) is 1.19. The Labute approximate surface area is 74.8 Å². The fraction of sp³-hybridized carbons (Fsp3) is 0. The van der Waals surface area contributed by atoms with Gasteiger partial charge in [-0.15, -0.1) is 0 Å². The molecule has 46 valence electrons. The average molecular weight is 321 g/mol. The molecule has 0 unspecified atom stereocenters. The molecule has 0 aromatic heterocycles. The van der Waals surface area contributed by atoms with Crippen molar-refractivity contribution < 1.29 is 36.0 Å². The fourth-order valence-electron chi connectivity index (χ4n) is 0.641. The van der Waals surface area contributed by atoms with E-state index >= 15 is 0 Å². The predicted octanol–water partition coefficient (Wildman–Crippen LogP) is 0.429. The van der Waals surface area contributed by atoms with Crippen molar-refractivity contribution in [2.75, 3.05) is 0 Å². The molecule has 0 aliphatic heterocycles. The number of carbonyl (C=O) groups is 1. The molecule has 0 amide bonds. The summed E-state index contributed by atoms with van der Waals surface area (Å²) in [5, 5.41) is 10.2. The zero-order valence-electron chi connectivity index (χ0n) is 5.33. The van der Waals surface area contributed by atoms with Gasteiger partial charge in [0.15, 0.2) is 0 Å². The summed E-state index contributed by atoms with van der Waals surface area (Å²) in [6.45, 7) is 0. The van der Waals surface area contributed by atoms with Crippen LogP contribution in [0.15, 0.2) is 24.3 Å². The van der Waals surface area contributed by atoms with E-state index in [1.54, 1.807) is 12.1 Å². The van der Waals surface area contributed by atoms with Gasteiger partial charge in [-0.2, -0.15) is 0 Å². The van der Waals surface area contributed by atoms with Crippen LogP contribution in [0.4, 0.5) is 0 Å². The normalized spacial score (nSPS) is 9.40. The van der Waals surface area contributed by atoms with Crippen molar-refractivity contribution in [3.63, 3.8) is 0 Å². The quantitative estimate of drug-likeness (QED) is 0.691. The Hall–Kier alpha value is -0.375. The van der Waals surface area contributed by atoms with Crippen LogP contribution < -0.4 is 3.07 Å². The molecule has 10 heavy (non-hydrogen) atoms. The molecule has 3 heteroatoms. The molecule has 2 nitrogen and oxygen atoms in total. The molecule has 1 rings (SSSR count). The SMILES string of the molecule is [O]C(=O)c1cc[c]([Hg])cc1. The topological polar surface area (TPSA) is 37.0 Å². The van der Waals surface area contributed by atoms with Gasteiger partial charge in [-0.1, -0.05) is 0 Å². The molecule has 0 fully saturated rings. The summed E-state index contributed by atoms with van der Waals surface area (Å²) in [5.74, 6) is -1.10. The maximum absolute atomic E-state index is 10.2. The average Bonchev–Trinajstić information content (AvgIpc) is 1.88. The van der Waals surface area contributed by atoms with Gasteiger partial charge in [-0.3, -0.25) is 0 Å². The Bertz CT molecular complexity index is 240. The van der Waals surface area contributed by atoms with E-state index in [0.29, 0.717) is 26.1 Å². The van der Waals surface area contributed by atoms with Crippen molar-refractivity contribution in [2.45, 2.75) is 0 Å². The standard InChI is InChI=1S/C7H4O2.Hg/c8-7(9)6-4-2-1-3-5-6;/h2-5H;. The van der Waals surface area contributed by atoms with Crippen LogP contribution in [0.5, 0.6) is 0 Å². The van der Waals surface area contributed by atoms with E-state index in [-0.39, 0.29) is 5.56 Å². The van der Waals surface area contributed by atoms with E-state index in [4.69, 9.17) is 0 Å². The van der Waals surface area contributed by atoms with Gasteiger partial charge in [-0.05, 0) is 0 Å². The first-order valence-corrected chi connectivity index (χ1v) is 5.58. The molecule has 1 radical (unpaired) electrons. The molecule has 0 spiro atoms. The first kappa shape index (κ1) is 7.73. The van der Waals surface area contributed by atoms with Gasteiger partial charge in [0.1, 0.15) is 0 Å². The van der Waals surface area contributed by atoms with Crippen molar-refractivity contribution in [3.8, 4) is 0 Å². The Kier molecular flexibility index (Phi) is 2.43. The Balaban J connectivity index is 3.00. The molecule has 0 heterocycles. The molecular weight excluding hydrogens is 317 g/mol. The number of rotatable bonds is 1. The second-order valence-electron chi connectivity index (χ2n) is 1.98. The van der Waals surface area contributed by atoms with E-state index in [1.165, 1.54) is 3.07 Å². The van der Waals surface area contributed by atoms with E-state index in [1.807, 2.05) is 12.1 Å². The van der Waals surface area contributed by atoms with E-state index in [0.717, 1.165) is 0 Å². The van der Waals surface area contributed by atoms with Crippen LogP contribution in [0, 0.1) is 0 Å². The van der Waals surface area contributed by atoms with Crippen LogP contribution in [0.3, 0.4) is 0 Å². The van der Waals surface area contributed by atoms with E-state index in [2.05, 4.69) is 0 Å². The second-order valence-corrected chi connectivity index (χ2v) is 5.16. The molecule has 1 aromatic rings. The Morgan fingerprint density at radius 2 is 1.70 bits per heavy atom. The number of hydrogen-bond acceptors (Lipinski definition) is 1. The predicted molar refractivity (Wildman–Crippen MR) is 31.1 cm³/mol. The van der Waals surface area contributed by atoms with Gasteiger partial charge in [0.05, 0.1) is 0 Å². The van der Waals surface area contributed by atoms with Gasteiger partial charge in [0, 0.05) is 0 Å². The van der Waals surface area contributed by atoms with E-state index < -0.39 is 5.97 Å². The summed E-state index contributed by atoms with van der Waals surface area (Å²) in [7, 11) is 0. The van der Waals surface area contributed by atoms with Crippen molar-refractivity contribution in [1.29, 1.82) is 0 Å². The van der Waals surface area contributed by atoms with Crippen LogP contribution in [0.25, 0.3) is 0 Å². The van der Waals surface area contributed by atoms with Crippen molar-refractivity contribution in [1.82, 2.24) is 0 Å². The zero-order chi connectivity index (χ0) is 7.56. The molecular formula is C7H4HgO2. The summed E-state index contributed by atoms with van der Waals surface area (Å²) >= 11 is 0.575. The summed E-state index contributed by atoms with van der Waals surface area (Å²) in [6.07, 6.45) is 0. The first-order chi connectivity index (χ1) is 4.70. The van der Waals surface area contributed by atoms with Gasteiger partial charge in [-0.25, -0.2) is 0 Å². The second kappa shape index (κ2) is 3.15. The molecule has 0 bridgehead atoms. The first-order valence-electron chi connectivity index (χ1n) is 2.83. The number of benzene rings is 1. The third-order valence-corrected chi connectivity index (χ3v) is 3.02. The molecule has 0 N–H and O–H groups in total. The van der Waals surface area contributed by atoms with Gasteiger partial charge >= 0.3 is 74.9 Å². The molecule has 1 aromatic carbocycles.